The molecule has 0 heterocycles. The van der Waals surface area contributed by atoms with Crippen molar-refractivity contribution in [3.05, 3.63) is 0 Å². The van der Waals surface area contributed by atoms with Gasteiger partial charge in [0.25, 0.3) is 0 Å². The van der Waals surface area contributed by atoms with Crippen LogP contribution in [-0.2, 0) is 9.59 Å². The molecular formula is C10H16MgO4. The number of hydrogen-bond donors (Lipinski definition) is 0. The zero-order chi connectivity index (χ0) is 11.2. The van der Waals surface area contributed by atoms with Crippen molar-refractivity contribution in [3.8, 4) is 0 Å². The van der Waals surface area contributed by atoms with Gasteiger partial charge in [-0.3, -0.25) is 0 Å². The molecule has 0 aromatic heterocycles. The molecule has 0 N–H and O–H groups in total. The summed E-state index contributed by atoms with van der Waals surface area (Å²) in [6.07, 6.45) is 3.50. The third kappa shape index (κ3) is 5.37. The van der Waals surface area contributed by atoms with Crippen LogP contribution in [0.2, 0.25) is 0 Å². The molecule has 0 aromatic rings. The second-order valence-corrected chi connectivity index (χ2v) is 3.72. The maximum Gasteiger partial charge on any atom is 2.00 e. The summed E-state index contributed by atoms with van der Waals surface area (Å²) < 4.78 is 0. The number of carbonyl (C=O) groups excluding carboxylic acids is 2. The first-order chi connectivity index (χ1) is 6.45. The SMILES string of the molecule is CCCCCCC(C)(C(=O)[O-])C(=O)[O-].[Mg+2]. The maximum absolute atomic E-state index is 10.6. The van der Waals surface area contributed by atoms with Crippen molar-refractivity contribution in [2.45, 2.75) is 46.0 Å². The molecule has 0 fully saturated rings. The van der Waals surface area contributed by atoms with Crippen molar-refractivity contribution >= 4 is 35.0 Å². The summed E-state index contributed by atoms with van der Waals surface area (Å²) in [5, 5.41) is 21.2. The van der Waals surface area contributed by atoms with E-state index in [1.807, 2.05) is 6.92 Å². The van der Waals surface area contributed by atoms with Gasteiger partial charge in [-0.25, -0.2) is 0 Å². The minimum Gasteiger partial charge on any atom is -0.549 e. The molecule has 15 heavy (non-hydrogen) atoms. The topological polar surface area (TPSA) is 80.3 Å². The number of unbranched alkanes of at least 4 members (excludes halogenated alkanes) is 3. The van der Waals surface area contributed by atoms with Gasteiger partial charge in [-0.15, -0.1) is 0 Å². The van der Waals surface area contributed by atoms with Gasteiger partial charge in [-0.1, -0.05) is 32.6 Å². The van der Waals surface area contributed by atoms with Crippen molar-refractivity contribution < 1.29 is 19.8 Å². The summed E-state index contributed by atoms with van der Waals surface area (Å²) in [5.41, 5.74) is -1.84. The number of carboxylic acids is 2. The monoisotopic (exact) mass is 224 g/mol. The van der Waals surface area contributed by atoms with E-state index < -0.39 is 17.4 Å². The predicted octanol–water partition coefficient (Wildman–Crippen LogP) is -0.918. The molecule has 0 rings (SSSR count). The van der Waals surface area contributed by atoms with Crippen molar-refractivity contribution in [2.24, 2.45) is 5.41 Å². The van der Waals surface area contributed by atoms with Crippen LogP contribution in [0.3, 0.4) is 0 Å². The fourth-order valence-electron chi connectivity index (χ4n) is 1.19. The summed E-state index contributed by atoms with van der Waals surface area (Å²) in [6, 6.07) is 0. The molecule has 0 amide bonds. The Morgan fingerprint density at radius 2 is 1.53 bits per heavy atom. The first-order valence-electron chi connectivity index (χ1n) is 4.88. The van der Waals surface area contributed by atoms with Crippen LogP contribution >= 0.6 is 0 Å². The van der Waals surface area contributed by atoms with Crippen molar-refractivity contribution in [1.82, 2.24) is 0 Å². The molecule has 0 bridgehead atoms. The third-order valence-corrected chi connectivity index (χ3v) is 2.43. The smallest absolute Gasteiger partial charge is 0.549 e. The van der Waals surface area contributed by atoms with Crippen LogP contribution in [0.4, 0.5) is 0 Å². The molecule has 82 valence electrons. The van der Waals surface area contributed by atoms with E-state index >= 15 is 0 Å². The summed E-state index contributed by atoms with van der Waals surface area (Å²) in [5.74, 6) is -3.12. The number of carbonyl (C=O) groups is 2. The van der Waals surface area contributed by atoms with E-state index in [2.05, 4.69) is 0 Å². The summed E-state index contributed by atoms with van der Waals surface area (Å²) in [7, 11) is 0. The Bertz CT molecular complexity index is 201. The van der Waals surface area contributed by atoms with Crippen LogP contribution in [0.1, 0.15) is 46.0 Å². The number of rotatable bonds is 7. The quantitative estimate of drug-likeness (QED) is 0.318. The van der Waals surface area contributed by atoms with Crippen LogP contribution < -0.4 is 10.2 Å². The Kier molecular flexibility index (Phi) is 9.04. The summed E-state index contributed by atoms with van der Waals surface area (Å²) in [6.45, 7) is 3.17. The average molecular weight is 225 g/mol. The first kappa shape index (κ1) is 17.1. The van der Waals surface area contributed by atoms with E-state index in [1.165, 1.54) is 0 Å². The molecule has 0 aliphatic heterocycles. The molecule has 5 heteroatoms. The van der Waals surface area contributed by atoms with E-state index in [-0.39, 0.29) is 29.5 Å². The summed E-state index contributed by atoms with van der Waals surface area (Å²) >= 11 is 0. The Hall–Kier alpha value is -0.294. The molecule has 0 radical (unpaired) electrons. The molecule has 0 unspecified atom stereocenters. The molecule has 0 aliphatic carbocycles. The standard InChI is InChI=1S/C10H18O4.Mg/c1-3-4-5-6-7-10(2,8(11)12)9(13)14;/h3-7H2,1-2H3,(H,11,12)(H,13,14);/q;+2/p-2. The molecule has 0 saturated carbocycles. The van der Waals surface area contributed by atoms with Gasteiger partial charge in [0.05, 0.1) is 11.9 Å². The number of hydrogen-bond acceptors (Lipinski definition) is 4. The Morgan fingerprint density at radius 1 is 1.07 bits per heavy atom. The molecule has 0 spiro atoms. The Balaban J connectivity index is 0. The minimum absolute atomic E-state index is 0. The van der Waals surface area contributed by atoms with E-state index in [4.69, 9.17) is 0 Å². The molecular weight excluding hydrogens is 208 g/mol. The fraction of sp³-hybridized carbons (Fsp3) is 0.800. The molecule has 4 nitrogen and oxygen atoms in total. The molecule has 0 atom stereocenters. The van der Waals surface area contributed by atoms with Crippen molar-refractivity contribution in [3.63, 3.8) is 0 Å². The van der Waals surface area contributed by atoms with E-state index in [9.17, 15) is 19.8 Å². The molecule has 0 aliphatic rings. The summed E-state index contributed by atoms with van der Waals surface area (Å²) in [4.78, 5) is 21.2. The van der Waals surface area contributed by atoms with Gasteiger partial charge >= 0.3 is 23.1 Å². The minimum atomic E-state index is -1.84. The molecule has 0 aromatic carbocycles. The zero-order valence-electron chi connectivity index (χ0n) is 9.38. The van der Waals surface area contributed by atoms with Gasteiger partial charge in [-0.05, 0) is 13.3 Å². The van der Waals surface area contributed by atoms with Gasteiger partial charge in [0.15, 0.2) is 0 Å². The Labute approximate surface area is 106 Å². The Morgan fingerprint density at radius 3 is 1.87 bits per heavy atom. The van der Waals surface area contributed by atoms with Crippen LogP contribution in [0.25, 0.3) is 0 Å². The average Bonchev–Trinajstić information content (AvgIpc) is 2.11. The van der Waals surface area contributed by atoms with Gasteiger partial charge in [0.2, 0.25) is 0 Å². The predicted molar refractivity (Wildman–Crippen MR) is 52.6 cm³/mol. The van der Waals surface area contributed by atoms with Gasteiger partial charge in [-0.2, -0.15) is 0 Å². The first-order valence-corrected chi connectivity index (χ1v) is 4.88. The maximum atomic E-state index is 10.6. The largest absolute Gasteiger partial charge is 2.00 e. The van der Waals surface area contributed by atoms with E-state index in [0.717, 1.165) is 26.2 Å². The molecule has 0 saturated heterocycles. The van der Waals surface area contributed by atoms with Crippen LogP contribution in [0.5, 0.6) is 0 Å². The number of aliphatic carboxylic acids is 2. The number of carboxylic acid groups (broad SMARTS) is 2. The zero-order valence-corrected chi connectivity index (χ0v) is 10.8. The van der Waals surface area contributed by atoms with Crippen LogP contribution in [-0.4, -0.2) is 35.0 Å². The van der Waals surface area contributed by atoms with E-state index in [1.54, 1.807) is 0 Å². The normalized spacial score (nSPS) is 10.5. The second-order valence-electron chi connectivity index (χ2n) is 3.72. The van der Waals surface area contributed by atoms with Crippen molar-refractivity contribution in [2.75, 3.05) is 0 Å². The second kappa shape index (κ2) is 7.93. The van der Waals surface area contributed by atoms with Crippen LogP contribution in [0, 0.1) is 5.41 Å². The van der Waals surface area contributed by atoms with Gasteiger partial charge in [0, 0.05) is 5.41 Å². The third-order valence-electron chi connectivity index (χ3n) is 2.43. The van der Waals surface area contributed by atoms with E-state index in [0.29, 0.717) is 6.42 Å². The van der Waals surface area contributed by atoms with Crippen molar-refractivity contribution in [1.29, 1.82) is 0 Å². The van der Waals surface area contributed by atoms with Gasteiger partial charge in [0.1, 0.15) is 0 Å². The fourth-order valence-corrected chi connectivity index (χ4v) is 1.19. The van der Waals surface area contributed by atoms with Gasteiger partial charge < -0.3 is 19.8 Å². The van der Waals surface area contributed by atoms with Crippen LogP contribution in [0.15, 0.2) is 0 Å².